The Balaban J connectivity index is 2.47. The van der Waals surface area contributed by atoms with Gasteiger partial charge < -0.3 is 9.67 Å². The predicted molar refractivity (Wildman–Crippen MR) is 73.4 cm³/mol. The van der Waals surface area contributed by atoms with Crippen LogP contribution in [-0.4, -0.2) is 26.4 Å². The van der Waals surface area contributed by atoms with Crippen molar-refractivity contribution in [2.45, 2.75) is 25.0 Å². The molecular formula is C12H13ClN2O2S. The van der Waals surface area contributed by atoms with Crippen molar-refractivity contribution in [3.8, 4) is 0 Å². The Labute approximate surface area is 114 Å². The summed E-state index contributed by atoms with van der Waals surface area (Å²) in [5, 5.41) is 10.1. The highest BCUT2D eigenvalue weighted by molar-refractivity contribution is 7.99. The van der Waals surface area contributed by atoms with E-state index in [1.54, 1.807) is 0 Å². The van der Waals surface area contributed by atoms with Gasteiger partial charge in [0.1, 0.15) is 0 Å². The van der Waals surface area contributed by atoms with E-state index in [0.29, 0.717) is 10.2 Å². The number of hydrogen-bond acceptors (Lipinski definition) is 3. The topological polar surface area (TPSA) is 55.1 Å². The predicted octanol–water partition coefficient (Wildman–Crippen LogP) is 3.28. The van der Waals surface area contributed by atoms with Gasteiger partial charge in [-0.05, 0) is 18.6 Å². The molecule has 0 atom stereocenters. The third-order valence-corrected chi connectivity index (χ3v) is 3.72. The van der Waals surface area contributed by atoms with Gasteiger partial charge in [-0.25, -0.2) is 4.98 Å². The molecule has 1 N–H and O–H groups in total. The highest BCUT2D eigenvalue weighted by atomic mass is 35.5. The molecular weight excluding hydrogens is 272 g/mol. The standard InChI is InChI=1S/C12H13ClN2O2S/c1-2-6-15-11-8(13)4-3-5-9(11)14-12(15)18-7-10(16)17/h3-5H,2,6-7H2,1H3,(H,16,17). The first-order chi connectivity index (χ1) is 8.63. The van der Waals surface area contributed by atoms with E-state index in [4.69, 9.17) is 16.7 Å². The maximum absolute atomic E-state index is 10.6. The number of carbonyl (C=O) groups is 1. The van der Waals surface area contributed by atoms with Crippen LogP contribution in [0.2, 0.25) is 5.02 Å². The first kappa shape index (κ1) is 13.2. The molecule has 4 nitrogen and oxygen atoms in total. The zero-order valence-electron chi connectivity index (χ0n) is 9.89. The van der Waals surface area contributed by atoms with Crippen LogP contribution in [0, 0.1) is 0 Å². The van der Waals surface area contributed by atoms with Crippen LogP contribution in [0.3, 0.4) is 0 Å². The third kappa shape index (κ3) is 2.62. The lowest BCUT2D eigenvalue weighted by Crippen LogP contribution is -2.03. The smallest absolute Gasteiger partial charge is 0.313 e. The number of rotatable bonds is 5. The second kappa shape index (κ2) is 5.63. The molecule has 0 unspecified atom stereocenters. The van der Waals surface area contributed by atoms with Crippen molar-refractivity contribution < 1.29 is 9.90 Å². The molecule has 18 heavy (non-hydrogen) atoms. The molecule has 96 valence electrons. The van der Waals surface area contributed by atoms with E-state index in [0.717, 1.165) is 24.0 Å². The van der Waals surface area contributed by atoms with Gasteiger partial charge in [-0.3, -0.25) is 4.79 Å². The average molecular weight is 285 g/mol. The summed E-state index contributed by atoms with van der Waals surface area (Å²) in [6, 6.07) is 5.56. The minimum absolute atomic E-state index is 0.00462. The van der Waals surface area contributed by atoms with Crippen LogP contribution in [0.1, 0.15) is 13.3 Å². The highest BCUT2D eigenvalue weighted by Crippen LogP contribution is 2.29. The average Bonchev–Trinajstić information content (AvgIpc) is 2.67. The molecule has 0 saturated carbocycles. The van der Waals surface area contributed by atoms with Gasteiger partial charge >= 0.3 is 5.97 Å². The van der Waals surface area contributed by atoms with E-state index in [1.807, 2.05) is 22.8 Å². The van der Waals surface area contributed by atoms with E-state index < -0.39 is 5.97 Å². The van der Waals surface area contributed by atoms with Crippen LogP contribution >= 0.6 is 23.4 Å². The number of fused-ring (bicyclic) bond motifs is 1. The largest absolute Gasteiger partial charge is 0.481 e. The van der Waals surface area contributed by atoms with Crippen molar-refractivity contribution in [1.29, 1.82) is 0 Å². The summed E-state index contributed by atoms with van der Waals surface area (Å²) >= 11 is 7.41. The lowest BCUT2D eigenvalue weighted by Gasteiger charge is -2.06. The second-order valence-corrected chi connectivity index (χ2v) is 5.19. The van der Waals surface area contributed by atoms with Crippen LogP contribution in [-0.2, 0) is 11.3 Å². The Morgan fingerprint density at radius 3 is 3.00 bits per heavy atom. The molecule has 2 rings (SSSR count). The Hall–Kier alpha value is -1.20. The second-order valence-electron chi connectivity index (χ2n) is 3.84. The summed E-state index contributed by atoms with van der Waals surface area (Å²) in [5.74, 6) is -0.841. The molecule has 0 aliphatic carbocycles. The zero-order valence-corrected chi connectivity index (χ0v) is 11.5. The normalized spacial score (nSPS) is 11.0. The highest BCUT2D eigenvalue weighted by Gasteiger charge is 2.14. The van der Waals surface area contributed by atoms with E-state index in [-0.39, 0.29) is 5.75 Å². The number of imidazole rings is 1. The molecule has 0 amide bonds. The molecule has 2 aromatic rings. The van der Waals surface area contributed by atoms with Gasteiger partial charge in [-0.15, -0.1) is 0 Å². The maximum Gasteiger partial charge on any atom is 0.313 e. The van der Waals surface area contributed by atoms with E-state index in [1.165, 1.54) is 11.8 Å². The summed E-state index contributed by atoms with van der Waals surface area (Å²) in [4.78, 5) is 15.1. The van der Waals surface area contributed by atoms with Gasteiger partial charge in [-0.2, -0.15) is 0 Å². The lowest BCUT2D eigenvalue weighted by atomic mass is 10.3. The monoisotopic (exact) mass is 284 g/mol. The van der Waals surface area contributed by atoms with Gasteiger partial charge in [-0.1, -0.05) is 36.4 Å². The number of nitrogens with zero attached hydrogens (tertiary/aromatic N) is 2. The van der Waals surface area contributed by atoms with Gasteiger partial charge in [0.25, 0.3) is 0 Å². The quantitative estimate of drug-likeness (QED) is 0.856. The van der Waals surface area contributed by atoms with Crippen LogP contribution < -0.4 is 0 Å². The van der Waals surface area contributed by atoms with Crippen LogP contribution in [0.4, 0.5) is 0 Å². The van der Waals surface area contributed by atoms with Crippen LogP contribution in [0.15, 0.2) is 23.4 Å². The van der Waals surface area contributed by atoms with Gasteiger partial charge in [0.2, 0.25) is 0 Å². The van der Waals surface area contributed by atoms with Gasteiger partial charge in [0.15, 0.2) is 5.16 Å². The number of benzene rings is 1. The van der Waals surface area contributed by atoms with E-state index >= 15 is 0 Å². The molecule has 1 heterocycles. The molecule has 0 aliphatic heterocycles. The summed E-state index contributed by atoms with van der Waals surface area (Å²) in [7, 11) is 0. The van der Waals surface area contributed by atoms with Crippen LogP contribution in [0.5, 0.6) is 0 Å². The fraction of sp³-hybridized carbons (Fsp3) is 0.333. The van der Waals surface area contributed by atoms with E-state index in [2.05, 4.69) is 11.9 Å². The number of carboxylic acid groups (broad SMARTS) is 1. The van der Waals surface area contributed by atoms with Gasteiger partial charge in [0.05, 0.1) is 21.8 Å². The Morgan fingerprint density at radius 1 is 1.56 bits per heavy atom. The van der Waals surface area contributed by atoms with Gasteiger partial charge in [0, 0.05) is 6.54 Å². The molecule has 0 spiro atoms. The number of aliphatic carboxylic acids is 1. The minimum Gasteiger partial charge on any atom is -0.481 e. The molecule has 0 fully saturated rings. The van der Waals surface area contributed by atoms with Crippen molar-refractivity contribution >= 4 is 40.4 Å². The Bertz CT molecular complexity index is 583. The molecule has 0 radical (unpaired) electrons. The molecule has 0 saturated heterocycles. The summed E-state index contributed by atoms with van der Waals surface area (Å²) in [6.45, 7) is 2.84. The fourth-order valence-electron chi connectivity index (χ4n) is 1.79. The van der Waals surface area contributed by atoms with Crippen molar-refractivity contribution in [2.24, 2.45) is 0 Å². The number of hydrogen-bond donors (Lipinski definition) is 1. The fourth-order valence-corrected chi connectivity index (χ4v) is 2.81. The molecule has 1 aromatic heterocycles. The third-order valence-electron chi connectivity index (χ3n) is 2.45. The lowest BCUT2D eigenvalue weighted by molar-refractivity contribution is -0.133. The minimum atomic E-state index is -0.846. The van der Waals surface area contributed by atoms with Crippen molar-refractivity contribution in [3.05, 3.63) is 23.2 Å². The zero-order chi connectivity index (χ0) is 13.1. The summed E-state index contributed by atoms with van der Waals surface area (Å²) in [5.41, 5.74) is 1.69. The summed E-state index contributed by atoms with van der Waals surface area (Å²) < 4.78 is 1.99. The number of halogens is 1. The summed E-state index contributed by atoms with van der Waals surface area (Å²) in [6.07, 6.45) is 0.942. The Morgan fingerprint density at radius 2 is 2.33 bits per heavy atom. The number of aromatic nitrogens is 2. The molecule has 1 aromatic carbocycles. The number of para-hydroxylation sites is 1. The molecule has 0 bridgehead atoms. The number of carboxylic acids is 1. The van der Waals surface area contributed by atoms with Crippen LogP contribution in [0.25, 0.3) is 11.0 Å². The Kier molecular flexibility index (Phi) is 4.14. The van der Waals surface area contributed by atoms with Crippen molar-refractivity contribution in [2.75, 3.05) is 5.75 Å². The first-order valence-corrected chi connectivity index (χ1v) is 6.99. The number of aryl methyl sites for hydroxylation is 1. The van der Waals surface area contributed by atoms with E-state index in [9.17, 15) is 4.79 Å². The molecule has 6 heteroatoms. The molecule has 0 aliphatic rings. The van der Waals surface area contributed by atoms with Crippen molar-refractivity contribution in [1.82, 2.24) is 9.55 Å². The van der Waals surface area contributed by atoms with Crippen molar-refractivity contribution in [3.63, 3.8) is 0 Å². The SMILES string of the molecule is CCCn1c(SCC(=O)O)nc2cccc(Cl)c21. The number of thioether (sulfide) groups is 1. The first-order valence-electron chi connectivity index (χ1n) is 5.62. The maximum atomic E-state index is 10.6.